The molecular formula is C44H22Cl8N4Ni. The molecule has 57 heavy (non-hydrogen) atoms. The monoisotopic (exact) mass is 944 g/mol. The molecule has 0 atom stereocenters. The van der Waals surface area contributed by atoms with Crippen LogP contribution < -0.4 is 0 Å². The number of halogens is 8. The van der Waals surface area contributed by atoms with Crippen LogP contribution in [0.15, 0.2) is 97.1 Å². The fourth-order valence-corrected chi connectivity index (χ4v) is 9.55. The maximum Gasteiger partial charge on any atom is 0.0738 e. The summed E-state index contributed by atoms with van der Waals surface area (Å²) in [4.78, 5) is 17.8. The number of aromatic amines is 2. The van der Waals surface area contributed by atoms with E-state index in [9.17, 15) is 0 Å². The molecule has 4 aromatic carbocycles. The molecule has 8 bridgehead atoms. The van der Waals surface area contributed by atoms with E-state index in [1.165, 1.54) is 0 Å². The van der Waals surface area contributed by atoms with Gasteiger partial charge in [0.2, 0.25) is 0 Å². The van der Waals surface area contributed by atoms with Gasteiger partial charge in [0.15, 0.2) is 0 Å². The predicted octanol–water partition coefficient (Wildman–Crippen LogP) is 16.5. The van der Waals surface area contributed by atoms with Crippen LogP contribution in [0.5, 0.6) is 0 Å². The van der Waals surface area contributed by atoms with Crippen molar-refractivity contribution in [3.63, 3.8) is 0 Å². The van der Waals surface area contributed by atoms with Gasteiger partial charge < -0.3 is 9.97 Å². The van der Waals surface area contributed by atoms with Crippen molar-refractivity contribution in [2.45, 2.75) is 0 Å². The fourth-order valence-electron chi connectivity index (χ4n) is 7.20. The maximum absolute atomic E-state index is 6.95. The Morgan fingerprint density at radius 1 is 0.281 bits per heavy atom. The summed E-state index contributed by atoms with van der Waals surface area (Å²) < 4.78 is 0. The third-order valence-electron chi connectivity index (χ3n) is 9.60. The van der Waals surface area contributed by atoms with Crippen LogP contribution in [0, 0.1) is 0 Å². The number of aromatic nitrogens is 4. The Balaban J connectivity index is 0.00000455. The van der Waals surface area contributed by atoms with Crippen molar-refractivity contribution >= 4 is 139 Å². The van der Waals surface area contributed by atoms with Gasteiger partial charge in [0.25, 0.3) is 0 Å². The maximum atomic E-state index is 6.95. The smallest absolute Gasteiger partial charge is 0.0738 e. The Hall–Kier alpha value is -3.71. The predicted molar refractivity (Wildman–Crippen MR) is 241 cm³/mol. The number of benzene rings is 4. The molecule has 9 rings (SSSR count). The molecule has 0 saturated heterocycles. The minimum Gasteiger partial charge on any atom is -0.354 e. The van der Waals surface area contributed by atoms with Crippen molar-refractivity contribution in [2.75, 3.05) is 0 Å². The van der Waals surface area contributed by atoms with Gasteiger partial charge in [-0.3, -0.25) is 0 Å². The normalized spacial score (nSPS) is 11.9. The summed E-state index contributed by atoms with van der Waals surface area (Å²) in [6, 6.07) is 29.3. The molecule has 13 heteroatoms. The van der Waals surface area contributed by atoms with Gasteiger partial charge in [-0.25, -0.2) is 9.97 Å². The fraction of sp³-hybridized carbons (Fsp3) is 0. The average molecular weight is 949 g/mol. The number of hydrogen-bond acceptors (Lipinski definition) is 2. The molecule has 5 heterocycles. The van der Waals surface area contributed by atoms with Gasteiger partial charge in [0, 0.05) is 83.1 Å². The minimum absolute atomic E-state index is 0. The van der Waals surface area contributed by atoms with Crippen LogP contribution in [-0.4, -0.2) is 19.9 Å². The van der Waals surface area contributed by atoms with E-state index in [4.69, 9.17) is 103 Å². The summed E-state index contributed by atoms with van der Waals surface area (Å²) in [5, 5.41) is 3.53. The van der Waals surface area contributed by atoms with Gasteiger partial charge in [-0.15, -0.1) is 0 Å². The topological polar surface area (TPSA) is 57.4 Å². The molecule has 2 aliphatic rings. The third kappa shape index (κ3) is 7.12. The van der Waals surface area contributed by atoms with E-state index in [-0.39, 0.29) is 16.5 Å². The molecule has 0 saturated carbocycles. The van der Waals surface area contributed by atoms with E-state index < -0.39 is 0 Å². The number of hydrogen-bond donors (Lipinski definition) is 2. The van der Waals surface area contributed by atoms with Gasteiger partial charge in [0.1, 0.15) is 0 Å². The molecule has 2 aliphatic heterocycles. The summed E-state index contributed by atoms with van der Waals surface area (Å²) in [5.74, 6) is 0. The van der Waals surface area contributed by atoms with E-state index in [0.29, 0.717) is 130 Å². The zero-order valence-corrected chi connectivity index (χ0v) is 35.8. The molecule has 3 aromatic heterocycles. The SMILES string of the molecule is Clc1cccc(Cl)c1-c1c2nc(c(-c3c(Cl)cccc3Cl)c3ccc([nH]3)c(-c3c(Cl)cccc3Cl)c3nc(c(-c4c(Cl)cccc4Cl)c4ccc1[nH]4)C=C3)C=C2.[Ni]. The Morgan fingerprint density at radius 3 is 0.667 bits per heavy atom. The molecule has 2 N–H and O–H groups in total. The molecule has 0 fully saturated rings. The Kier molecular flexibility index (Phi) is 11.4. The number of fused-ring (bicyclic) bond motifs is 8. The van der Waals surface area contributed by atoms with Gasteiger partial charge in [-0.1, -0.05) is 117 Å². The van der Waals surface area contributed by atoms with Gasteiger partial charge in [0.05, 0.1) is 63.0 Å². The molecule has 0 aliphatic carbocycles. The molecule has 0 unspecified atom stereocenters. The van der Waals surface area contributed by atoms with Crippen molar-refractivity contribution in [3.8, 4) is 44.5 Å². The first kappa shape index (κ1) is 40.1. The number of rotatable bonds is 4. The summed E-state index contributed by atoms with van der Waals surface area (Å²) in [5.41, 5.74) is 10.1. The first-order valence-electron chi connectivity index (χ1n) is 17.0. The van der Waals surface area contributed by atoms with Crippen LogP contribution >= 0.6 is 92.8 Å². The number of nitrogens with one attached hydrogen (secondary N) is 2. The van der Waals surface area contributed by atoms with Gasteiger partial charge in [-0.2, -0.15) is 0 Å². The zero-order chi connectivity index (χ0) is 38.8. The van der Waals surface area contributed by atoms with E-state index >= 15 is 0 Å². The van der Waals surface area contributed by atoms with Crippen LogP contribution in [-0.2, 0) is 16.5 Å². The van der Waals surface area contributed by atoms with Crippen LogP contribution in [0.1, 0.15) is 22.8 Å². The van der Waals surface area contributed by atoms with Crippen molar-refractivity contribution < 1.29 is 16.5 Å². The van der Waals surface area contributed by atoms with Crippen molar-refractivity contribution in [1.82, 2.24) is 19.9 Å². The molecule has 0 amide bonds. The van der Waals surface area contributed by atoms with Gasteiger partial charge >= 0.3 is 0 Å². The third-order valence-corrected chi connectivity index (χ3v) is 12.1. The second kappa shape index (κ2) is 16.2. The first-order valence-corrected chi connectivity index (χ1v) is 20.0. The Bertz CT molecular complexity index is 2560. The van der Waals surface area contributed by atoms with Crippen molar-refractivity contribution in [1.29, 1.82) is 0 Å². The Labute approximate surface area is 377 Å². The van der Waals surface area contributed by atoms with Crippen molar-refractivity contribution in [3.05, 3.63) is 160 Å². The van der Waals surface area contributed by atoms with Crippen LogP contribution in [0.25, 0.3) is 90.9 Å². The van der Waals surface area contributed by atoms with E-state index in [1.807, 2.05) is 48.6 Å². The largest absolute Gasteiger partial charge is 0.354 e. The number of H-pyrrole nitrogens is 2. The summed E-state index contributed by atoms with van der Waals surface area (Å²) in [6.45, 7) is 0. The summed E-state index contributed by atoms with van der Waals surface area (Å²) in [6.07, 6.45) is 7.66. The summed E-state index contributed by atoms with van der Waals surface area (Å²) >= 11 is 55.6. The zero-order valence-electron chi connectivity index (χ0n) is 28.8. The Morgan fingerprint density at radius 2 is 0.474 bits per heavy atom. The van der Waals surface area contributed by atoms with Crippen molar-refractivity contribution in [2.24, 2.45) is 0 Å². The van der Waals surface area contributed by atoms with Crippen LogP contribution in [0.2, 0.25) is 40.2 Å². The second-order valence-electron chi connectivity index (χ2n) is 12.9. The first-order chi connectivity index (χ1) is 27.1. The summed E-state index contributed by atoms with van der Waals surface area (Å²) in [7, 11) is 0. The van der Waals surface area contributed by atoms with E-state index in [0.717, 1.165) is 0 Å². The molecule has 0 spiro atoms. The quantitative estimate of drug-likeness (QED) is 0.173. The van der Waals surface area contributed by atoms with E-state index in [1.54, 1.807) is 72.8 Å². The van der Waals surface area contributed by atoms with Crippen LogP contribution in [0.3, 0.4) is 0 Å². The van der Waals surface area contributed by atoms with Crippen LogP contribution in [0.4, 0.5) is 0 Å². The molecule has 7 aromatic rings. The standard InChI is InChI=1S/C44H22Cl8N4.Ni/c45-21-5-1-6-22(46)37(21)41-29-13-15-31(53-29)42(38-23(47)7-2-8-24(38)48)33-17-19-35(55-33)44(40-27(51)11-4-12-28(40)52)36-20-18-34(56-36)43(32-16-14-30(41)54-32)39-25(49)9-3-10-26(39)50;/h1-20,53,56H;. The molecule has 284 valence electrons. The second-order valence-corrected chi connectivity index (χ2v) is 16.1. The molecule has 0 radical (unpaired) electrons. The van der Waals surface area contributed by atoms with E-state index in [2.05, 4.69) is 9.97 Å². The molecular weight excluding hydrogens is 927 g/mol. The average Bonchev–Trinajstić information content (AvgIpc) is 4.00. The minimum atomic E-state index is 0. The van der Waals surface area contributed by atoms with Gasteiger partial charge in [-0.05, 0) is 97.1 Å². The number of nitrogens with zero attached hydrogens (tertiary/aromatic N) is 2. The molecule has 4 nitrogen and oxygen atoms in total.